The molecular weight excluding hydrogens is 318 g/mol. The van der Waals surface area contributed by atoms with E-state index in [1.807, 2.05) is 48.5 Å². The molecule has 1 aliphatic rings. The predicted molar refractivity (Wildman–Crippen MR) is 94.9 cm³/mol. The van der Waals surface area contributed by atoms with Gasteiger partial charge in [0.05, 0.1) is 12.6 Å². The first-order valence-electron chi connectivity index (χ1n) is 8.18. The lowest BCUT2D eigenvalue weighted by Gasteiger charge is -2.35. The Morgan fingerprint density at radius 1 is 1.32 bits per heavy atom. The summed E-state index contributed by atoms with van der Waals surface area (Å²) in [6, 6.07) is 13.8. The monoisotopic (exact) mass is 339 g/mol. The summed E-state index contributed by atoms with van der Waals surface area (Å²) in [6.07, 6.45) is -0.247. The molecule has 1 aliphatic heterocycles. The Balaban J connectivity index is 2.01. The molecule has 0 aliphatic carbocycles. The van der Waals surface area contributed by atoms with Gasteiger partial charge in [-0.15, -0.1) is 0 Å². The summed E-state index contributed by atoms with van der Waals surface area (Å²) in [5.41, 5.74) is 8.62. The van der Waals surface area contributed by atoms with Crippen LogP contribution >= 0.6 is 0 Å². The molecule has 3 amide bonds. The fourth-order valence-electron chi connectivity index (χ4n) is 3.09. The van der Waals surface area contributed by atoms with E-state index in [1.165, 1.54) is 0 Å². The highest BCUT2D eigenvalue weighted by molar-refractivity contribution is 6.01. The number of carbonyl (C=O) groups excluding carboxylic acids is 2. The molecule has 6 nitrogen and oxygen atoms in total. The Morgan fingerprint density at radius 3 is 2.68 bits per heavy atom. The minimum absolute atomic E-state index is 0.210. The average molecular weight is 339 g/mol. The second-order valence-electron chi connectivity index (χ2n) is 6.24. The maximum absolute atomic E-state index is 12.9. The summed E-state index contributed by atoms with van der Waals surface area (Å²) in [5.74, 6) is -0.210. The standard InChI is InChI=1S/C19H21N3O3/c1-12(23)14-7-8-15-9-16(21-19(20)25)18(24)22(17(15)10-14)11-13-5-3-2-4-6-13/h2-8,10,12,16,23H,9,11H2,1H3,(H3,20,21,25)/t12-,16-/m1/s1. The van der Waals surface area contributed by atoms with Crippen molar-refractivity contribution in [3.8, 4) is 0 Å². The van der Waals surface area contributed by atoms with E-state index >= 15 is 0 Å². The van der Waals surface area contributed by atoms with Gasteiger partial charge in [-0.3, -0.25) is 4.79 Å². The number of amides is 3. The van der Waals surface area contributed by atoms with Crippen molar-refractivity contribution in [2.24, 2.45) is 5.73 Å². The van der Waals surface area contributed by atoms with E-state index in [1.54, 1.807) is 11.8 Å². The first-order chi connectivity index (χ1) is 12.0. The van der Waals surface area contributed by atoms with Crippen LogP contribution in [0.4, 0.5) is 10.5 Å². The summed E-state index contributed by atoms with van der Waals surface area (Å²) in [7, 11) is 0. The van der Waals surface area contributed by atoms with Crippen LogP contribution in [0.3, 0.4) is 0 Å². The molecular formula is C19H21N3O3. The molecule has 2 aromatic carbocycles. The highest BCUT2D eigenvalue weighted by Crippen LogP contribution is 2.32. The molecule has 25 heavy (non-hydrogen) atoms. The lowest BCUT2D eigenvalue weighted by Crippen LogP contribution is -2.53. The zero-order valence-electron chi connectivity index (χ0n) is 14.0. The summed E-state index contributed by atoms with van der Waals surface area (Å²) in [5, 5.41) is 12.4. The Labute approximate surface area is 146 Å². The molecule has 2 atom stereocenters. The zero-order valence-corrected chi connectivity index (χ0v) is 14.0. The number of nitrogens with two attached hydrogens (primary N) is 1. The molecule has 4 N–H and O–H groups in total. The van der Waals surface area contributed by atoms with Crippen LogP contribution in [0.25, 0.3) is 0 Å². The highest BCUT2D eigenvalue weighted by atomic mass is 16.3. The number of primary amides is 1. The third kappa shape index (κ3) is 3.64. The van der Waals surface area contributed by atoms with Crippen molar-refractivity contribution < 1.29 is 14.7 Å². The number of aliphatic hydroxyl groups is 1. The van der Waals surface area contributed by atoms with Crippen molar-refractivity contribution in [3.63, 3.8) is 0 Å². The Bertz CT molecular complexity index is 790. The lowest BCUT2D eigenvalue weighted by molar-refractivity contribution is -0.120. The number of fused-ring (bicyclic) bond motifs is 1. The number of aliphatic hydroxyl groups excluding tert-OH is 1. The van der Waals surface area contributed by atoms with Crippen LogP contribution in [0, 0.1) is 0 Å². The largest absolute Gasteiger partial charge is 0.389 e. The van der Waals surface area contributed by atoms with Crippen LogP contribution in [0.1, 0.15) is 29.7 Å². The number of urea groups is 1. The van der Waals surface area contributed by atoms with E-state index in [0.717, 1.165) is 22.4 Å². The van der Waals surface area contributed by atoms with E-state index in [-0.39, 0.29) is 5.91 Å². The highest BCUT2D eigenvalue weighted by Gasteiger charge is 2.33. The molecule has 0 radical (unpaired) electrons. The normalized spacial score (nSPS) is 17.8. The van der Waals surface area contributed by atoms with Gasteiger partial charge in [-0.05, 0) is 29.7 Å². The van der Waals surface area contributed by atoms with Crippen LogP contribution in [0.5, 0.6) is 0 Å². The van der Waals surface area contributed by atoms with Crippen molar-refractivity contribution in [3.05, 3.63) is 65.2 Å². The smallest absolute Gasteiger partial charge is 0.312 e. The van der Waals surface area contributed by atoms with E-state index < -0.39 is 18.2 Å². The molecule has 0 bridgehead atoms. The van der Waals surface area contributed by atoms with Crippen LogP contribution in [0.2, 0.25) is 0 Å². The van der Waals surface area contributed by atoms with Crippen molar-refractivity contribution in [2.75, 3.05) is 4.90 Å². The van der Waals surface area contributed by atoms with E-state index in [2.05, 4.69) is 5.32 Å². The number of carbonyl (C=O) groups is 2. The van der Waals surface area contributed by atoms with Gasteiger partial charge < -0.3 is 21.1 Å². The summed E-state index contributed by atoms with van der Waals surface area (Å²) >= 11 is 0. The molecule has 0 saturated carbocycles. The van der Waals surface area contributed by atoms with Crippen LogP contribution < -0.4 is 16.0 Å². The third-order valence-corrected chi connectivity index (χ3v) is 4.37. The van der Waals surface area contributed by atoms with Gasteiger partial charge in [0.1, 0.15) is 6.04 Å². The maximum Gasteiger partial charge on any atom is 0.312 e. The fraction of sp³-hybridized carbons (Fsp3) is 0.263. The maximum atomic E-state index is 12.9. The molecule has 0 aromatic heterocycles. The SMILES string of the molecule is C[C@@H](O)c1ccc2c(c1)N(Cc1ccccc1)C(=O)[C@H](NC(N)=O)C2. The van der Waals surface area contributed by atoms with Gasteiger partial charge in [-0.1, -0.05) is 42.5 Å². The lowest BCUT2D eigenvalue weighted by atomic mass is 9.94. The predicted octanol–water partition coefficient (Wildman–Crippen LogP) is 1.87. The van der Waals surface area contributed by atoms with E-state index in [9.17, 15) is 14.7 Å². The molecule has 0 saturated heterocycles. The number of hydrogen-bond acceptors (Lipinski definition) is 3. The number of nitrogens with zero attached hydrogens (tertiary/aromatic N) is 1. The van der Waals surface area contributed by atoms with Crippen molar-refractivity contribution >= 4 is 17.6 Å². The number of nitrogens with one attached hydrogen (secondary N) is 1. The van der Waals surface area contributed by atoms with Crippen molar-refractivity contribution in [1.29, 1.82) is 0 Å². The minimum atomic E-state index is -0.720. The van der Waals surface area contributed by atoms with Crippen LogP contribution in [-0.2, 0) is 17.8 Å². The second-order valence-corrected chi connectivity index (χ2v) is 6.24. The zero-order chi connectivity index (χ0) is 18.0. The first kappa shape index (κ1) is 17.0. The quantitative estimate of drug-likeness (QED) is 0.793. The topological polar surface area (TPSA) is 95.7 Å². The molecule has 130 valence electrons. The first-order valence-corrected chi connectivity index (χ1v) is 8.18. The van der Waals surface area contributed by atoms with E-state index in [4.69, 9.17) is 5.73 Å². The van der Waals surface area contributed by atoms with Crippen molar-refractivity contribution in [2.45, 2.75) is 32.0 Å². The van der Waals surface area contributed by atoms with Gasteiger partial charge in [0.25, 0.3) is 0 Å². The average Bonchev–Trinajstić information content (AvgIpc) is 2.58. The van der Waals surface area contributed by atoms with Gasteiger partial charge in [0, 0.05) is 12.1 Å². The Hall–Kier alpha value is -2.86. The second kappa shape index (κ2) is 6.94. The number of benzene rings is 2. The van der Waals surface area contributed by atoms with Gasteiger partial charge >= 0.3 is 6.03 Å². The molecule has 0 fully saturated rings. The van der Waals surface area contributed by atoms with E-state index in [0.29, 0.717) is 13.0 Å². The molecule has 1 heterocycles. The number of hydrogen-bond donors (Lipinski definition) is 3. The molecule has 0 unspecified atom stereocenters. The minimum Gasteiger partial charge on any atom is -0.389 e. The Kier molecular flexibility index (Phi) is 4.72. The number of rotatable bonds is 4. The van der Waals surface area contributed by atoms with Gasteiger partial charge in [-0.2, -0.15) is 0 Å². The van der Waals surface area contributed by atoms with Gasteiger partial charge in [0.15, 0.2) is 0 Å². The summed E-state index contributed by atoms with van der Waals surface area (Å²) in [6.45, 7) is 2.07. The third-order valence-electron chi connectivity index (χ3n) is 4.37. The van der Waals surface area contributed by atoms with Gasteiger partial charge in [0.2, 0.25) is 5.91 Å². The van der Waals surface area contributed by atoms with Crippen LogP contribution in [-0.4, -0.2) is 23.1 Å². The molecule has 0 spiro atoms. The summed E-state index contributed by atoms with van der Waals surface area (Å²) < 4.78 is 0. The Morgan fingerprint density at radius 2 is 2.04 bits per heavy atom. The van der Waals surface area contributed by atoms with Crippen molar-refractivity contribution in [1.82, 2.24) is 5.32 Å². The fourth-order valence-corrected chi connectivity index (χ4v) is 3.09. The van der Waals surface area contributed by atoms with Crippen LogP contribution in [0.15, 0.2) is 48.5 Å². The molecule has 2 aromatic rings. The number of anilines is 1. The summed E-state index contributed by atoms with van der Waals surface area (Å²) in [4.78, 5) is 25.8. The molecule has 6 heteroatoms. The molecule has 3 rings (SSSR count). The van der Waals surface area contributed by atoms with Gasteiger partial charge in [-0.25, -0.2) is 4.79 Å².